The third kappa shape index (κ3) is 4.53. The molecule has 6 nitrogen and oxygen atoms in total. The van der Waals surface area contributed by atoms with Crippen LogP contribution in [0.2, 0.25) is 0 Å². The van der Waals surface area contributed by atoms with Gasteiger partial charge in [-0.1, -0.05) is 73.7 Å². The molecule has 31 heavy (non-hydrogen) atoms. The van der Waals surface area contributed by atoms with E-state index in [0.717, 1.165) is 35.3 Å². The van der Waals surface area contributed by atoms with Crippen molar-refractivity contribution in [3.05, 3.63) is 101 Å². The molecule has 0 bridgehead atoms. The number of hydrogen-bond donors (Lipinski definition) is 3. The normalized spacial score (nSPS) is 14.9. The van der Waals surface area contributed by atoms with Crippen LogP contribution in [0, 0.1) is 0 Å². The fourth-order valence-electron chi connectivity index (χ4n) is 3.72. The molecular weight excluding hydrogens is 386 g/mol. The SMILES string of the molecule is CCCOc1ccc(C2(c3cccc(Cc4ccccc4)c3)N=C(N)NC(N)=N2)cc1. The van der Waals surface area contributed by atoms with E-state index in [0.29, 0.717) is 6.61 Å². The maximum atomic E-state index is 6.09. The van der Waals surface area contributed by atoms with Gasteiger partial charge in [0.2, 0.25) is 5.66 Å². The summed E-state index contributed by atoms with van der Waals surface area (Å²) in [6, 6.07) is 26.4. The minimum Gasteiger partial charge on any atom is -0.494 e. The van der Waals surface area contributed by atoms with E-state index in [9.17, 15) is 0 Å². The summed E-state index contributed by atoms with van der Waals surface area (Å²) in [6.45, 7) is 2.75. The lowest BCUT2D eigenvalue weighted by molar-refractivity contribution is 0.317. The third-order valence-electron chi connectivity index (χ3n) is 5.13. The van der Waals surface area contributed by atoms with Crippen LogP contribution in [-0.4, -0.2) is 18.5 Å². The van der Waals surface area contributed by atoms with E-state index in [-0.39, 0.29) is 11.9 Å². The number of ether oxygens (including phenoxy) is 1. The molecule has 0 saturated heterocycles. The van der Waals surface area contributed by atoms with E-state index in [1.807, 2.05) is 54.6 Å². The molecular formula is C25H27N5O. The zero-order chi connectivity index (χ0) is 21.7. The summed E-state index contributed by atoms with van der Waals surface area (Å²) in [7, 11) is 0. The van der Waals surface area contributed by atoms with Gasteiger partial charge < -0.3 is 16.2 Å². The van der Waals surface area contributed by atoms with Gasteiger partial charge in [-0.25, -0.2) is 9.98 Å². The van der Waals surface area contributed by atoms with Gasteiger partial charge in [-0.05, 0) is 36.1 Å². The van der Waals surface area contributed by atoms with Crippen molar-refractivity contribution in [1.82, 2.24) is 5.32 Å². The number of benzene rings is 3. The topological polar surface area (TPSA) is 98.0 Å². The molecule has 0 unspecified atom stereocenters. The Kier molecular flexibility index (Phi) is 5.89. The molecule has 3 aromatic rings. The van der Waals surface area contributed by atoms with Crippen LogP contribution in [0.15, 0.2) is 88.8 Å². The summed E-state index contributed by atoms with van der Waals surface area (Å²) in [4.78, 5) is 9.44. The lowest BCUT2D eigenvalue weighted by atomic mass is 9.89. The Bertz CT molecular complexity index is 1070. The van der Waals surface area contributed by atoms with Gasteiger partial charge in [-0.15, -0.1) is 0 Å². The van der Waals surface area contributed by atoms with Gasteiger partial charge in [0.25, 0.3) is 0 Å². The smallest absolute Gasteiger partial charge is 0.208 e. The number of hydrogen-bond acceptors (Lipinski definition) is 6. The van der Waals surface area contributed by atoms with Gasteiger partial charge in [0.1, 0.15) is 5.75 Å². The number of nitrogens with zero attached hydrogens (tertiary/aromatic N) is 2. The number of nitrogens with two attached hydrogens (primary N) is 2. The minimum absolute atomic E-state index is 0.229. The van der Waals surface area contributed by atoms with Crippen LogP contribution < -0.4 is 21.5 Å². The third-order valence-corrected chi connectivity index (χ3v) is 5.13. The second-order valence-electron chi connectivity index (χ2n) is 7.53. The first kappa shape index (κ1) is 20.5. The van der Waals surface area contributed by atoms with E-state index in [1.54, 1.807) is 0 Å². The molecule has 0 aliphatic carbocycles. The average molecular weight is 414 g/mol. The van der Waals surface area contributed by atoms with Crippen LogP contribution in [0.5, 0.6) is 5.75 Å². The van der Waals surface area contributed by atoms with E-state index in [1.165, 1.54) is 5.56 Å². The lowest BCUT2D eigenvalue weighted by Crippen LogP contribution is -2.48. The number of rotatable bonds is 7. The van der Waals surface area contributed by atoms with Crippen LogP contribution in [0.1, 0.15) is 35.6 Å². The first-order chi connectivity index (χ1) is 15.1. The molecule has 4 rings (SSSR count). The zero-order valence-corrected chi connectivity index (χ0v) is 17.6. The highest BCUT2D eigenvalue weighted by atomic mass is 16.5. The molecule has 158 valence electrons. The van der Waals surface area contributed by atoms with Crippen molar-refractivity contribution in [3.8, 4) is 5.75 Å². The van der Waals surface area contributed by atoms with Crippen molar-refractivity contribution in [1.29, 1.82) is 0 Å². The summed E-state index contributed by atoms with van der Waals surface area (Å²) in [6.07, 6.45) is 1.76. The molecule has 0 atom stereocenters. The van der Waals surface area contributed by atoms with Gasteiger partial charge in [-0.2, -0.15) is 0 Å². The molecule has 1 aliphatic rings. The van der Waals surface area contributed by atoms with E-state index in [4.69, 9.17) is 26.2 Å². The van der Waals surface area contributed by atoms with Crippen LogP contribution >= 0.6 is 0 Å². The van der Waals surface area contributed by atoms with Gasteiger partial charge in [0.15, 0.2) is 11.9 Å². The van der Waals surface area contributed by atoms with E-state index in [2.05, 4.69) is 36.5 Å². The first-order valence-electron chi connectivity index (χ1n) is 10.4. The molecule has 0 amide bonds. The largest absolute Gasteiger partial charge is 0.494 e. The van der Waals surface area contributed by atoms with E-state index >= 15 is 0 Å². The van der Waals surface area contributed by atoms with Crippen molar-refractivity contribution in [3.63, 3.8) is 0 Å². The average Bonchev–Trinajstić information content (AvgIpc) is 2.78. The van der Waals surface area contributed by atoms with Gasteiger partial charge in [-0.3, -0.25) is 5.32 Å². The number of guanidine groups is 2. The monoisotopic (exact) mass is 413 g/mol. The number of nitrogens with one attached hydrogen (secondary N) is 1. The standard InChI is InChI=1S/C25H27N5O/c1-2-15-31-22-13-11-20(12-14-22)25(29-23(26)28-24(27)30-25)21-10-6-9-19(17-21)16-18-7-4-3-5-8-18/h3-14,17H,2,15-16H2,1H3,(H5,26,27,28,29,30). The van der Waals surface area contributed by atoms with Crippen molar-refractivity contribution in [2.24, 2.45) is 21.5 Å². The fourth-order valence-corrected chi connectivity index (χ4v) is 3.72. The van der Waals surface area contributed by atoms with Crippen molar-refractivity contribution >= 4 is 11.9 Å². The lowest BCUT2D eigenvalue weighted by Gasteiger charge is -2.31. The summed E-state index contributed by atoms with van der Waals surface area (Å²) in [5.74, 6) is 1.26. The first-order valence-corrected chi connectivity index (χ1v) is 10.4. The Morgan fingerprint density at radius 2 is 1.48 bits per heavy atom. The van der Waals surface area contributed by atoms with Crippen LogP contribution in [0.4, 0.5) is 0 Å². The molecule has 0 fully saturated rings. The summed E-state index contributed by atoms with van der Waals surface area (Å²) >= 11 is 0. The molecule has 0 spiro atoms. The maximum absolute atomic E-state index is 6.09. The zero-order valence-electron chi connectivity index (χ0n) is 17.6. The predicted octanol–water partition coefficient (Wildman–Crippen LogP) is 3.50. The van der Waals surface area contributed by atoms with Crippen molar-refractivity contribution < 1.29 is 4.74 Å². The Labute approximate surface area is 182 Å². The molecule has 5 N–H and O–H groups in total. The highest BCUT2D eigenvalue weighted by Crippen LogP contribution is 2.38. The van der Waals surface area contributed by atoms with E-state index < -0.39 is 5.66 Å². The fraction of sp³-hybridized carbons (Fsp3) is 0.200. The summed E-state index contributed by atoms with van der Waals surface area (Å²) in [5.41, 5.74) is 15.3. The number of aliphatic imine (C=N–C) groups is 2. The molecule has 6 heteroatoms. The Hall–Kier alpha value is -3.80. The molecule has 1 aliphatic heterocycles. The maximum Gasteiger partial charge on any atom is 0.208 e. The Morgan fingerprint density at radius 1 is 0.806 bits per heavy atom. The van der Waals surface area contributed by atoms with Gasteiger partial charge in [0.05, 0.1) is 6.61 Å². The minimum atomic E-state index is -1.06. The van der Waals surface area contributed by atoms with Crippen LogP contribution in [-0.2, 0) is 12.1 Å². The summed E-state index contributed by atoms with van der Waals surface area (Å²) < 4.78 is 5.73. The highest BCUT2D eigenvalue weighted by molar-refractivity contribution is 5.99. The van der Waals surface area contributed by atoms with Crippen LogP contribution in [0.25, 0.3) is 0 Å². The highest BCUT2D eigenvalue weighted by Gasteiger charge is 2.37. The Balaban J connectivity index is 1.76. The van der Waals surface area contributed by atoms with Gasteiger partial charge in [0, 0.05) is 11.1 Å². The quantitative estimate of drug-likeness (QED) is 0.552. The molecule has 0 radical (unpaired) electrons. The molecule has 3 aromatic carbocycles. The summed E-state index contributed by atoms with van der Waals surface area (Å²) in [5, 5.41) is 2.80. The molecule has 0 aromatic heterocycles. The Morgan fingerprint density at radius 3 is 2.16 bits per heavy atom. The second kappa shape index (κ2) is 8.92. The second-order valence-corrected chi connectivity index (χ2v) is 7.53. The molecule has 0 saturated carbocycles. The van der Waals surface area contributed by atoms with Gasteiger partial charge >= 0.3 is 0 Å². The van der Waals surface area contributed by atoms with Crippen LogP contribution in [0.3, 0.4) is 0 Å². The predicted molar refractivity (Wildman–Crippen MR) is 125 cm³/mol. The van der Waals surface area contributed by atoms with Crippen molar-refractivity contribution in [2.75, 3.05) is 6.61 Å². The van der Waals surface area contributed by atoms with Crippen molar-refractivity contribution in [2.45, 2.75) is 25.4 Å². The molecule has 1 heterocycles.